The van der Waals surface area contributed by atoms with Gasteiger partial charge in [0.15, 0.2) is 0 Å². The third-order valence-corrected chi connectivity index (χ3v) is 4.40. The second-order valence-electron chi connectivity index (χ2n) is 5.35. The van der Waals surface area contributed by atoms with Crippen LogP contribution in [-0.4, -0.2) is 34.0 Å². The zero-order valence-corrected chi connectivity index (χ0v) is 13.4. The summed E-state index contributed by atoms with van der Waals surface area (Å²) in [6, 6.07) is 5.54. The van der Waals surface area contributed by atoms with E-state index in [4.69, 9.17) is 5.73 Å². The summed E-state index contributed by atoms with van der Waals surface area (Å²) in [7, 11) is -2.08. The minimum atomic E-state index is -3.60. The Balaban J connectivity index is 2.72. The highest BCUT2D eigenvalue weighted by molar-refractivity contribution is 7.89. The van der Waals surface area contributed by atoms with Gasteiger partial charge in [-0.3, -0.25) is 4.79 Å². The molecule has 0 aliphatic rings. The van der Waals surface area contributed by atoms with Crippen LogP contribution in [0.25, 0.3) is 0 Å². The molecule has 6 nitrogen and oxygen atoms in total. The highest BCUT2D eigenvalue weighted by Crippen LogP contribution is 2.11. The van der Waals surface area contributed by atoms with Crippen LogP contribution < -0.4 is 15.8 Å². The summed E-state index contributed by atoms with van der Waals surface area (Å²) in [6.07, 6.45) is 0.748. The second-order valence-corrected chi connectivity index (χ2v) is 7.11. The van der Waals surface area contributed by atoms with Gasteiger partial charge in [-0.1, -0.05) is 13.8 Å². The molecule has 21 heavy (non-hydrogen) atoms. The molecule has 1 unspecified atom stereocenters. The molecule has 1 atom stereocenters. The van der Waals surface area contributed by atoms with Gasteiger partial charge in [0, 0.05) is 25.2 Å². The summed E-state index contributed by atoms with van der Waals surface area (Å²) in [6.45, 7) is 4.26. The van der Waals surface area contributed by atoms with E-state index in [0.717, 1.165) is 6.42 Å². The zero-order chi connectivity index (χ0) is 16.0. The Kier molecular flexibility index (Phi) is 6.32. The fourth-order valence-corrected chi connectivity index (χ4v) is 3.01. The monoisotopic (exact) mass is 313 g/mol. The van der Waals surface area contributed by atoms with Crippen molar-refractivity contribution in [1.29, 1.82) is 0 Å². The van der Waals surface area contributed by atoms with Crippen LogP contribution in [-0.2, 0) is 10.0 Å². The van der Waals surface area contributed by atoms with Crippen LogP contribution in [0.5, 0.6) is 0 Å². The maximum absolute atomic E-state index is 12.1. The van der Waals surface area contributed by atoms with E-state index in [1.54, 1.807) is 0 Å². The number of carbonyl (C=O) groups is 1. The normalized spacial score (nSPS) is 13.2. The molecule has 0 heterocycles. The molecule has 1 aromatic carbocycles. The number of rotatable bonds is 7. The Labute approximate surface area is 126 Å². The van der Waals surface area contributed by atoms with Crippen LogP contribution in [0.3, 0.4) is 0 Å². The molecule has 0 aliphatic heterocycles. The van der Waals surface area contributed by atoms with Gasteiger partial charge in [-0.15, -0.1) is 0 Å². The number of hydrogen-bond donors (Lipinski definition) is 3. The molecule has 1 aromatic rings. The van der Waals surface area contributed by atoms with Crippen molar-refractivity contribution in [2.24, 2.45) is 11.7 Å². The zero-order valence-electron chi connectivity index (χ0n) is 12.6. The third kappa shape index (κ3) is 5.45. The highest BCUT2D eigenvalue weighted by Gasteiger charge is 2.16. The maximum atomic E-state index is 12.1. The first kappa shape index (κ1) is 17.6. The molecule has 0 aromatic heterocycles. The molecule has 1 amide bonds. The van der Waals surface area contributed by atoms with Crippen molar-refractivity contribution in [3.05, 3.63) is 29.8 Å². The van der Waals surface area contributed by atoms with E-state index in [1.165, 1.54) is 31.3 Å². The van der Waals surface area contributed by atoms with Gasteiger partial charge in [0.25, 0.3) is 5.91 Å². The van der Waals surface area contributed by atoms with E-state index in [0.29, 0.717) is 11.5 Å². The second kappa shape index (κ2) is 7.53. The van der Waals surface area contributed by atoms with Crippen molar-refractivity contribution in [3.8, 4) is 0 Å². The van der Waals surface area contributed by atoms with Gasteiger partial charge in [-0.05, 0) is 36.6 Å². The standard InChI is InChI=1S/C14H23N3O3S/c1-10(2)8-12(15)9-17-21(19,20)13-6-4-11(5-7-13)14(18)16-3/h4-7,10,12,17H,8-9,15H2,1-3H3,(H,16,18). The number of nitrogens with two attached hydrogens (primary N) is 1. The van der Waals surface area contributed by atoms with Crippen LogP contribution in [0.15, 0.2) is 29.2 Å². The number of benzene rings is 1. The van der Waals surface area contributed by atoms with Gasteiger partial charge in [0.2, 0.25) is 10.0 Å². The predicted octanol–water partition coefficient (Wildman–Crippen LogP) is 0.698. The van der Waals surface area contributed by atoms with E-state index in [9.17, 15) is 13.2 Å². The fourth-order valence-electron chi connectivity index (χ4n) is 1.92. The Morgan fingerprint density at radius 3 is 2.29 bits per heavy atom. The summed E-state index contributed by atoms with van der Waals surface area (Å²) in [5.41, 5.74) is 6.27. The summed E-state index contributed by atoms with van der Waals surface area (Å²) >= 11 is 0. The number of carbonyl (C=O) groups excluding carboxylic acids is 1. The van der Waals surface area contributed by atoms with Crippen LogP contribution in [0.1, 0.15) is 30.6 Å². The summed E-state index contributed by atoms with van der Waals surface area (Å²) in [5.74, 6) is 0.155. The quantitative estimate of drug-likeness (QED) is 0.689. The van der Waals surface area contributed by atoms with Crippen molar-refractivity contribution in [1.82, 2.24) is 10.0 Å². The molecule has 0 saturated heterocycles. The van der Waals surface area contributed by atoms with E-state index in [2.05, 4.69) is 10.0 Å². The van der Waals surface area contributed by atoms with Crippen molar-refractivity contribution in [3.63, 3.8) is 0 Å². The molecule has 0 spiro atoms. The molecule has 0 saturated carbocycles. The van der Waals surface area contributed by atoms with Gasteiger partial charge in [-0.25, -0.2) is 13.1 Å². The van der Waals surface area contributed by atoms with Crippen molar-refractivity contribution >= 4 is 15.9 Å². The van der Waals surface area contributed by atoms with E-state index in [1.807, 2.05) is 13.8 Å². The lowest BCUT2D eigenvalue weighted by molar-refractivity contribution is 0.0963. The number of sulfonamides is 1. The summed E-state index contributed by atoms with van der Waals surface area (Å²) in [4.78, 5) is 11.5. The van der Waals surface area contributed by atoms with E-state index in [-0.39, 0.29) is 23.4 Å². The molecule has 1 rings (SSSR count). The fraction of sp³-hybridized carbons (Fsp3) is 0.500. The summed E-state index contributed by atoms with van der Waals surface area (Å²) in [5, 5.41) is 2.48. The molecule has 0 fully saturated rings. The Morgan fingerprint density at radius 1 is 1.24 bits per heavy atom. The largest absolute Gasteiger partial charge is 0.355 e. The van der Waals surface area contributed by atoms with E-state index < -0.39 is 10.0 Å². The molecule has 118 valence electrons. The predicted molar refractivity (Wildman–Crippen MR) is 82.5 cm³/mol. The lowest BCUT2D eigenvalue weighted by atomic mass is 10.1. The first-order valence-electron chi connectivity index (χ1n) is 6.83. The lowest BCUT2D eigenvalue weighted by Crippen LogP contribution is -2.38. The minimum Gasteiger partial charge on any atom is -0.355 e. The van der Waals surface area contributed by atoms with Crippen LogP contribution >= 0.6 is 0 Å². The van der Waals surface area contributed by atoms with Crippen LogP contribution in [0.2, 0.25) is 0 Å². The van der Waals surface area contributed by atoms with Gasteiger partial charge in [-0.2, -0.15) is 0 Å². The van der Waals surface area contributed by atoms with Crippen molar-refractivity contribution in [2.45, 2.75) is 31.2 Å². The third-order valence-electron chi connectivity index (χ3n) is 2.96. The number of hydrogen-bond acceptors (Lipinski definition) is 4. The molecule has 0 aliphatic carbocycles. The average Bonchev–Trinajstić information content (AvgIpc) is 2.44. The number of amides is 1. The van der Waals surface area contributed by atoms with Gasteiger partial charge < -0.3 is 11.1 Å². The van der Waals surface area contributed by atoms with Gasteiger partial charge >= 0.3 is 0 Å². The van der Waals surface area contributed by atoms with Crippen LogP contribution in [0, 0.1) is 5.92 Å². The molecule has 4 N–H and O–H groups in total. The Hall–Kier alpha value is -1.44. The minimum absolute atomic E-state index is 0.118. The first-order valence-corrected chi connectivity index (χ1v) is 8.32. The molecular weight excluding hydrogens is 290 g/mol. The van der Waals surface area contributed by atoms with Gasteiger partial charge in [0.1, 0.15) is 0 Å². The molecular formula is C14H23N3O3S. The van der Waals surface area contributed by atoms with Crippen molar-refractivity contribution in [2.75, 3.05) is 13.6 Å². The lowest BCUT2D eigenvalue weighted by Gasteiger charge is -2.15. The highest BCUT2D eigenvalue weighted by atomic mass is 32.2. The van der Waals surface area contributed by atoms with E-state index >= 15 is 0 Å². The Bertz CT molecular complexity index is 568. The topological polar surface area (TPSA) is 101 Å². The summed E-state index contributed by atoms with van der Waals surface area (Å²) < 4.78 is 26.7. The molecule has 0 radical (unpaired) electrons. The Morgan fingerprint density at radius 2 is 1.81 bits per heavy atom. The smallest absolute Gasteiger partial charge is 0.251 e. The average molecular weight is 313 g/mol. The maximum Gasteiger partial charge on any atom is 0.251 e. The number of nitrogens with one attached hydrogen (secondary N) is 2. The van der Waals surface area contributed by atoms with Crippen LogP contribution in [0.4, 0.5) is 0 Å². The SMILES string of the molecule is CNC(=O)c1ccc(S(=O)(=O)NCC(N)CC(C)C)cc1. The molecule has 0 bridgehead atoms. The van der Waals surface area contributed by atoms with Gasteiger partial charge in [0.05, 0.1) is 4.90 Å². The van der Waals surface area contributed by atoms with Crippen molar-refractivity contribution < 1.29 is 13.2 Å². The first-order chi connectivity index (χ1) is 9.76. The molecule has 7 heteroatoms.